The van der Waals surface area contributed by atoms with Gasteiger partial charge in [0.2, 0.25) is 0 Å². The Labute approximate surface area is 205 Å². The predicted octanol–water partition coefficient (Wildman–Crippen LogP) is 5.77. The molecule has 0 saturated carbocycles. The van der Waals surface area contributed by atoms with Gasteiger partial charge in [-0.1, -0.05) is 86.5 Å². The summed E-state index contributed by atoms with van der Waals surface area (Å²) in [5.74, 6) is 2.80. The molecule has 0 saturated heterocycles. The third-order valence-electron chi connectivity index (χ3n) is 5.21. The molecule has 0 radical (unpaired) electrons. The fraction of sp³-hybridized carbons (Fsp3) is 1.00. The molecule has 0 bridgehead atoms. The number of hydrogen-bond acceptors (Lipinski definition) is 2. The maximum atomic E-state index is 11.1. The van der Waals surface area contributed by atoms with Crippen molar-refractivity contribution in [2.75, 3.05) is 6.61 Å². The van der Waals surface area contributed by atoms with Crippen molar-refractivity contribution >= 4 is 59.2 Å². The fourth-order valence-corrected chi connectivity index (χ4v) is 3.71. The molecule has 0 aromatic heterocycles. The minimum atomic E-state index is -4.38. The van der Waals surface area contributed by atoms with Crippen LogP contribution >= 0.6 is 7.82 Å². The van der Waals surface area contributed by atoms with Crippen LogP contribution < -0.4 is 0 Å². The van der Waals surface area contributed by atoms with Crippen LogP contribution in [0.25, 0.3) is 0 Å². The van der Waals surface area contributed by atoms with Crippen LogP contribution in [0.15, 0.2) is 0 Å². The average molecular weight is 419 g/mol. The molecular weight excluding hydrogens is 374 g/mol. The molecule has 0 heterocycles. The van der Waals surface area contributed by atoms with Crippen LogP contribution in [-0.2, 0) is 9.09 Å². The van der Waals surface area contributed by atoms with Gasteiger partial charge in [-0.15, -0.1) is 0 Å². The van der Waals surface area contributed by atoms with Crippen LogP contribution in [0, 0.1) is 29.6 Å². The molecule has 154 valence electrons. The summed E-state index contributed by atoms with van der Waals surface area (Å²) in [6, 6.07) is 0. The van der Waals surface area contributed by atoms with E-state index in [1.165, 1.54) is 32.1 Å². The Morgan fingerprint density at radius 1 is 0.769 bits per heavy atom. The molecular formula is C20H44KO4P. The average Bonchev–Trinajstić information content (AvgIpc) is 2.45. The quantitative estimate of drug-likeness (QED) is 0.262. The number of hydrogen-bond donors (Lipinski definition) is 2. The standard InChI is InChI=1S/C20H43O4P.K.H/c1-16(2)9-7-11-18(5)13-14-20(15-24-25(21,22)23)19(6)12-8-10-17(3)4;;/h16-20H,7-15H2,1-6H3,(H2,21,22,23);;. The van der Waals surface area contributed by atoms with Crippen LogP contribution in [0.3, 0.4) is 0 Å². The zero-order valence-corrected chi connectivity index (χ0v) is 18.3. The second kappa shape index (κ2) is 16.5. The zero-order chi connectivity index (χ0) is 19.5. The first-order valence-corrected chi connectivity index (χ1v) is 11.7. The predicted molar refractivity (Wildman–Crippen MR) is 114 cm³/mol. The molecule has 0 aromatic carbocycles. The third kappa shape index (κ3) is 19.1. The summed E-state index contributed by atoms with van der Waals surface area (Å²) in [4.78, 5) is 18.1. The Balaban J connectivity index is 0. The molecule has 2 N–H and O–H groups in total. The third-order valence-corrected chi connectivity index (χ3v) is 5.70. The van der Waals surface area contributed by atoms with Gasteiger partial charge >= 0.3 is 59.2 Å². The second-order valence-electron chi connectivity index (χ2n) is 8.86. The van der Waals surface area contributed by atoms with E-state index in [1.54, 1.807) is 0 Å². The first-order valence-electron chi connectivity index (χ1n) is 10.2. The second-order valence-corrected chi connectivity index (χ2v) is 10.1. The van der Waals surface area contributed by atoms with Crippen LogP contribution in [0.4, 0.5) is 0 Å². The minimum absolute atomic E-state index is 0. The molecule has 0 aliphatic heterocycles. The van der Waals surface area contributed by atoms with Gasteiger partial charge in [0, 0.05) is 0 Å². The Morgan fingerprint density at radius 2 is 1.27 bits per heavy atom. The Hall–Kier alpha value is 1.75. The summed E-state index contributed by atoms with van der Waals surface area (Å²) in [6.45, 7) is 13.7. The van der Waals surface area contributed by atoms with E-state index in [0.29, 0.717) is 17.8 Å². The van der Waals surface area contributed by atoms with Gasteiger partial charge in [-0.3, -0.25) is 4.52 Å². The number of phosphoric ester groups is 1. The van der Waals surface area contributed by atoms with E-state index in [-0.39, 0.29) is 63.9 Å². The van der Waals surface area contributed by atoms with Crippen LogP contribution in [-0.4, -0.2) is 67.8 Å². The first-order chi connectivity index (χ1) is 11.5. The van der Waals surface area contributed by atoms with Crippen LogP contribution in [0.1, 0.15) is 92.9 Å². The SMILES string of the molecule is CC(C)CCCC(C)CCC(COP(=O)(O)O)C(C)CCCC(C)C.[KH]. The summed E-state index contributed by atoms with van der Waals surface area (Å²) in [5.41, 5.74) is 0. The summed E-state index contributed by atoms with van der Waals surface area (Å²) in [5, 5.41) is 0. The van der Waals surface area contributed by atoms with Crippen molar-refractivity contribution in [2.45, 2.75) is 92.9 Å². The monoisotopic (exact) mass is 418 g/mol. The molecule has 0 spiro atoms. The van der Waals surface area contributed by atoms with Crippen molar-refractivity contribution in [1.29, 1.82) is 0 Å². The molecule has 6 heteroatoms. The Bertz CT molecular complexity index is 371. The Morgan fingerprint density at radius 3 is 1.73 bits per heavy atom. The van der Waals surface area contributed by atoms with Gasteiger partial charge in [-0.05, 0) is 36.0 Å². The molecule has 4 nitrogen and oxygen atoms in total. The van der Waals surface area contributed by atoms with Crippen molar-refractivity contribution in [3.05, 3.63) is 0 Å². The molecule has 3 unspecified atom stereocenters. The van der Waals surface area contributed by atoms with E-state index >= 15 is 0 Å². The van der Waals surface area contributed by atoms with E-state index in [2.05, 4.69) is 41.5 Å². The van der Waals surface area contributed by atoms with Crippen molar-refractivity contribution < 1.29 is 18.9 Å². The zero-order valence-electron chi connectivity index (χ0n) is 17.4. The molecule has 0 fully saturated rings. The van der Waals surface area contributed by atoms with Gasteiger partial charge in [0.1, 0.15) is 0 Å². The van der Waals surface area contributed by atoms with E-state index in [4.69, 9.17) is 14.3 Å². The van der Waals surface area contributed by atoms with Crippen molar-refractivity contribution in [1.82, 2.24) is 0 Å². The van der Waals surface area contributed by atoms with Crippen molar-refractivity contribution in [3.63, 3.8) is 0 Å². The molecule has 0 amide bonds. The molecule has 0 aliphatic carbocycles. The summed E-state index contributed by atoms with van der Waals surface area (Å²) < 4.78 is 15.9. The summed E-state index contributed by atoms with van der Waals surface area (Å²) >= 11 is 0. The molecule has 0 aliphatic rings. The van der Waals surface area contributed by atoms with Gasteiger partial charge in [0.15, 0.2) is 0 Å². The van der Waals surface area contributed by atoms with E-state index in [1.807, 2.05) is 0 Å². The molecule has 3 atom stereocenters. The van der Waals surface area contributed by atoms with Gasteiger partial charge in [0.05, 0.1) is 6.61 Å². The van der Waals surface area contributed by atoms with Crippen LogP contribution in [0.2, 0.25) is 0 Å². The normalized spacial score (nSPS) is 15.8. The van der Waals surface area contributed by atoms with E-state index in [9.17, 15) is 4.57 Å². The first kappa shape index (κ1) is 29.9. The fourth-order valence-electron chi connectivity index (χ4n) is 3.33. The van der Waals surface area contributed by atoms with Crippen molar-refractivity contribution in [3.8, 4) is 0 Å². The van der Waals surface area contributed by atoms with Crippen molar-refractivity contribution in [2.24, 2.45) is 29.6 Å². The number of rotatable bonds is 15. The van der Waals surface area contributed by atoms with Gasteiger partial charge in [-0.2, -0.15) is 0 Å². The van der Waals surface area contributed by atoms with E-state index in [0.717, 1.165) is 25.2 Å². The van der Waals surface area contributed by atoms with Crippen LogP contribution in [0.5, 0.6) is 0 Å². The van der Waals surface area contributed by atoms with E-state index < -0.39 is 7.82 Å². The van der Waals surface area contributed by atoms with Gasteiger partial charge in [-0.25, -0.2) is 4.57 Å². The Kier molecular flexibility index (Phi) is 19.0. The topological polar surface area (TPSA) is 66.8 Å². The number of phosphoric acid groups is 1. The van der Waals surface area contributed by atoms with Gasteiger partial charge < -0.3 is 9.79 Å². The summed E-state index contributed by atoms with van der Waals surface area (Å²) in [6.07, 6.45) is 9.39. The maximum absolute atomic E-state index is 11.1. The van der Waals surface area contributed by atoms with Gasteiger partial charge in [0.25, 0.3) is 0 Å². The molecule has 0 rings (SSSR count). The molecule has 0 aromatic rings. The molecule has 26 heavy (non-hydrogen) atoms. The summed E-state index contributed by atoms with van der Waals surface area (Å²) in [7, 11) is -4.38.